The van der Waals surface area contributed by atoms with E-state index in [0.29, 0.717) is 18.3 Å². The van der Waals surface area contributed by atoms with Gasteiger partial charge in [-0.1, -0.05) is 35.5 Å². The molecular formula is C14H16F2N4. The Labute approximate surface area is 115 Å². The Morgan fingerprint density at radius 1 is 1.25 bits per heavy atom. The first-order valence-electron chi connectivity index (χ1n) is 6.69. The maximum atomic E-state index is 14.1. The first kappa shape index (κ1) is 13.2. The highest BCUT2D eigenvalue weighted by Gasteiger charge is 2.32. The van der Waals surface area contributed by atoms with Crippen LogP contribution in [0.4, 0.5) is 8.78 Å². The number of halogens is 2. The number of hydrogen-bond donors (Lipinski definition) is 1. The quantitative estimate of drug-likeness (QED) is 0.882. The number of nitrogens with zero attached hydrogens (tertiary/aromatic N) is 3. The lowest BCUT2D eigenvalue weighted by atomic mass is 10.1. The Kier molecular flexibility index (Phi) is 3.48. The van der Waals surface area contributed by atoms with Gasteiger partial charge < -0.3 is 5.32 Å². The van der Waals surface area contributed by atoms with Crippen LogP contribution in [0.3, 0.4) is 0 Å². The number of rotatable bonds is 6. The summed E-state index contributed by atoms with van der Waals surface area (Å²) in [4.78, 5) is 0. The van der Waals surface area contributed by atoms with Crippen molar-refractivity contribution in [1.82, 2.24) is 20.3 Å². The minimum Gasteiger partial charge on any atom is -0.308 e. The molecule has 1 saturated carbocycles. The average molecular weight is 278 g/mol. The Balaban J connectivity index is 1.64. The van der Waals surface area contributed by atoms with Crippen LogP contribution in [0.1, 0.15) is 24.1 Å². The molecule has 0 saturated heterocycles. The molecule has 6 heteroatoms. The van der Waals surface area contributed by atoms with Crippen LogP contribution in [-0.4, -0.2) is 21.0 Å². The number of hydrogen-bond acceptors (Lipinski definition) is 3. The molecule has 1 aromatic carbocycles. The van der Waals surface area contributed by atoms with Gasteiger partial charge in [-0.25, -0.2) is 4.68 Å². The van der Waals surface area contributed by atoms with E-state index in [-0.39, 0.29) is 5.56 Å². The van der Waals surface area contributed by atoms with Crippen molar-refractivity contribution in [2.45, 2.75) is 37.9 Å². The molecule has 1 heterocycles. The van der Waals surface area contributed by atoms with Gasteiger partial charge in [-0.05, 0) is 12.8 Å². The first-order valence-corrected chi connectivity index (χ1v) is 6.69. The Bertz CT molecular complexity index is 564. The number of aromatic nitrogens is 3. The predicted molar refractivity (Wildman–Crippen MR) is 70.2 cm³/mol. The van der Waals surface area contributed by atoms with Crippen molar-refractivity contribution in [3.05, 3.63) is 47.8 Å². The smallest absolute Gasteiger partial charge is 0.292 e. The Morgan fingerprint density at radius 2 is 2.00 bits per heavy atom. The number of nitrogens with one attached hydrogen (secondary N) is 1. The van der Waals surface area contributed by atoms with Crippen molar-refractivity contribution in [3.8, 4) is 0 Å². The second-order valence-electron chi connectivity index (χ2n) is 5.13. The van der Waals surface area contributed by atoms with Gasteiger partial charge in [-0.2, -0.15) is 8.78 Å². The topological polar surface area (TPSA) is 42.7 Å². The van der Waals surface area contributed by atoms with Crippen LogP contribution in [0.5, 0.6) is 0 Å². The fraction of sp³-hybridized carbons (Fsp3) is 0.429. The van der Waals surface area contributed by atoms with Gasteiger partial charge in [0.2, 0.25) is 0 Å². The van der Waals surface area contributed by atoms with E-state index in [1.54, 1.807) is 24.4 Å². The molecule has 0 amide bonds. The largest absolute Gasteiger partial charge is 0.308 e. The zero-order valence-corrected chi connectivity index (χ0v) is 11.0. The highest BCUT2D eigenvalue weighted by atomic mass is 19.3. The molecule has 1 fully saturated rings. The zero-order chi connectivity index (χ0) is 14.0. The fourth-order valence-corrected chi connectivity index (χ4v) is 2.01. The van der Waals surface area contributed by atoms with Crippen LogP contribution in [0, 0.1) is 0 Å². The third-order valence-corrected chi connectivity index (χ3v) is 3.29. The SMILES string of the molecule is FC(F)(Cn1cc(CNC2CC2)nn1)c1ccccc1. The highest BCUT2D eigenvalue weighted by Crippen LogP contribution is 2.29. The first-order chi connectivity index (χ1) is 9.63. The van der Waals surface area contributed by atoms with Crippen molar-refractivity contribution in [1.29, 1.82) is 0 Å². The van der Waals surface area contributed by atoms with E-state index >= 15 is 0 Å². The van der Waals surface area contributed by atoms with Crippen LogP contribution in [0.15, 0.2) is 36.5 Å². The van der Waals surface area contributed by atoms with Crippen LogP contribution < -0.4 is 5.32 Å². The van der Waals surface area contributed by atoms with E-state index < -0.39 is 12.5 Å². The standard InChI is InChI=1S/C14H16F2N4/c15-14(16,11-4-2-1-3-5-11)10-20-9-13(18-19-20)8-17-12-6-7-12/h1-5,9,12,17H,6-8,10H2. The molecule has 0 unspecified atom stereocenters. The van der Waals surface area contributed by atoms with Gasteiger partial charge in [0.05, 0.1) is 11.9 Å². The van der Waals surface area contributed by atoms with Crippen molar-refractivity contribution in [3.63, 3.8) is 0 Å². The number of alkyl halides is 2. The third-order valence-electron chi connectivity index (χ3n) is 3.29. The lowest BCUT2D eigenvalue weighted by molar-refractivity contribution is -0.0258. The molecule has 3 rings (SSSR count). The molecule has 0 aliphatic heterocycles. The van der Waals surface area contributed by atoms with E-state index in [1.165, 1.54) is 29.7 Å². The van der Waals surface area contributed by atoms with Gasteiger partial charge >= 0.3 is 0 Å². The molecule has 0 bridgehead atoms. The van der Waals surface area contributed by atoms with E-state index in [4.69, 9.17) is 0 Å². The molecular weight excluding hydrogens is 262 g/mol. The Hall–Kier alpha value is -1.82. The third kappa shape index (κ3) is 3.19. The molecule has 0 spiro atoms. The predicted octanol–water partition coefficient (Wildman–Crippen LogP) is 2.32. The lowest BCUT2D eigenvalue weighted by Crippen LogP contribution is -2.21. The zero-order valence-electron chi connectivity index (χ0n) is 11.0. The maximum absolute atomic E-state index is 14.1. The summed E-state index contributed by atoms with van der Waals surface area (Å²) in [7, 11) is 0. The van der Waals surface area contributed by atoms with Crippen LogP contribution in [0.25, 0.3) is 0 Å². The van der Waals surface area contributed by atoms with Crippen LogP contribution in [-0.2, 0) is 19.0 Å². The van der Waals surface area contributed by atoms with Crippen molar-refractivity contribution < 1.29 is 8.78 Å². The van der Waals surface area contributed by atoms with Crippen molar-refractivity contribution in [2.24, 2.45) is 0 Å². The van der Waals surface area contributed by atoms with Crippen LogP contribution >= 0.6 is 0 Å². The van der Waals surface area contributed by atoms with Gasteiger partial charge in [0.1, 0.15) is 6.54 Å². The molecule has 4 nitrogen and oxygen atoms in total. The average Bonchev–Trinajstić information content (AvgIpc) is 3.18. The second kappa shape index (κ2) is 5.28. The molecule has 1 aromatic heterocycles. The molecule has 106 valence electrons. The second-order valence-corrected chi connectivity index (χ2v) is 5.13. The van der Waals surface area contributed by atoms with Crippen molar-refractivity contribution in [2.75, 3.05) is 0 Å². The molecule has 1 N–H and O–H groups in total. The van der Waals surface area contributed by atoms with Gasteiger partial charge in [-0.3, -0.25) is 0 Å². The van der Waals surface area contributed by atoms with Crippen molar-refractivity contribution >= 4 is 0 Å². The molecule has 1 aliphatic carbocycles. The lowest BCUT2D eigenvalue weighted by Gasteiger charge is -2.16. The fourth-order valence-electron chi connectivity index (χ4n) is 2.01. The molecule has 0 radical (unpaired) electrons. The number of benzene rings is 1. The highest BCUT2D eigenvalue weighted by molar-refractivity contribution is 5.19. The summed E-state index contributed by atoms with van der Waals surface area (Å²) in [5.41, 5.74) is 0.689. The molecule has 0 atom stereocenters. The van der Waals surface area contributed by atoms with Gasteiger partial charge in [0, 0.05) is 18.2 Å². The Morgan fingerprint density at radius 3 is 2.70 bits per heavy atom. The molecule has 1 aliphatic rings. The monoisotopic (exact) mass is 278 g/mol. The van der Waals surface area contributed by atoms with E-state index in [0.717, 1.165) is 0 Å². The minimum absolute atomic E-state index is 0.00634. The van der Waals surface area contributed by atoms with E-state index in [9.17, 15) is 8.78 Å². The minimum atomic E-state index is -2.95. The molecule has 20 heavy (non-hydrogen) atoms. The van der Waals surface area contributed by atoms with Gasteiger partial charge in [-0.15, -0.1) is 5.10 Å². The summed E-state index contributed by atoms with van der Waals surface area (Å²) in [6, 6.07) is 8.34. The summed E-state index contributed by atoms with van der Waals surface area (Å²) in [6.45, 7) is 0.0923. The maximum Gasteiger partial charge on any atom is 0.292 e. The summed E-state index contributed by atoms with van der Waals surface area (Å²) in [5.74, 6) is -2.95. The van der Waals surface area contributed by atoms with Crippen LogP contribution in [0.2, 0.25) is 0 Å². The summed E-state index contributed by atoms with van der Waals surface area (Å²) in [5, 5.41) is 11.0. The molecule has 2 aromatic rings. The van der Waals surface area contributed by atoms with E-state index in [2.05, 4.69) is 15.6 Å². The van der Waals surface area contributed by atoms with E-state index in [1.807, 2.05) is 0 Å². The van der Waals surface area contributed by atoms with Gasteiger partial charge in [0.25, 0.3) is 5.92 Å². The summed E-state index contributed by atoms with van der Waals surface area (Å²) < 4.78 is 29.3. The summed E-state index contributed by atoms with van der Waals surface area (Å²) >= 11 is 0. The normalized spacial score (nSPS) is 15.5. The summed E-state index contributed by atoms with van der Waals surface area (Å²) in [6.07, 6.45) is 3.94. The van der Waals surface area contributed by atoms with Gasteiger partial charge in [0.15, 0.2) is 0 Å².